The summed E-state index contributed by atoms with van der Waals surface area (Å²) in [6, 6.07) is 6.83. The normalized spacial score (nSPS) is 17.6. The minimum Gasteiger partial charge on any atom is -0.393 e. The molecular weight excluding hydrogens is 312 g/mol. The third kappa shape index (κ3) is 3.94. The van der Waals surface area contributed by atoms with Crippen LogP contribution in [0.4, 0.5) is 0 Å². The molecule has 0 amide bonds. The summed E-state index contributed by atoms with van der Waals surface area (Å²) >= 11 is 6.66. The molecular formula is C13H18N2O2S3. The molecule has 0 unspecified atom stereocenters. The molecule has 1 saturated heterocycles. The molecule has 1 heterocycles. The maximum atomic E-state index is 12.5. The lowest BCUT2D eigenvalue weighted by atomic mass is 10.1. The molecule has 1 aromatic carbocycles. The van der Waals surface area contributed by atoms with Crippen LogP contribution in [0, 0.1) is 0 Å². The number of sulfonamides is 1. The highest BCUT2D eigenvalue weighted by molar-refractivity contribution is 7.99. The van der Waals surface area contributed by atoms with Gasteiger partial charge in [-0.15, -0.1) is 0 Å². The van der Waals surface area contributed by atoms with Crippen LogP contribution in [0.25, 0.3) is 0 Å². The largest absolute Gasteiger partial charge is 0.393 e. The quantitative estimate of drug-likeness (QED) is 0.851. The Bertz CT molecular complexity index is 562. The smallest absolute Gasteiger partial charge is 0.243 e. The van der Waals surface area contributed by atoms with Crippen LogP contribution in [0.5, 0.6) is 0 Å². The van der Waals surface area contributed by atoms with Gasteiger partial charge < -0.3 is 5.73 Å². The van der Waals surface area contributed by atoms with Crippen molar-refractivity contribution in [1.82, 2.24) is 4.31 Å². The standard InChI is InChI=1S/C13H18N2O2S3/c14-13(18)10-11-2-4-12(5-3-11)20(16,17)15-6-1-8-19-9-7-15/h2-5H,1,6-10H2,(H2,14,18). The van der Waals surface area contributed by atoms with Gasteiger partial charge in [0, 0.05) is 25.3 Å². The average molecular weight is 330 g/mol. The Morgan fingerprint density at radius 2 is 1.95 bits per heavy atom. The first kappa shape index (κ1) is 15.8. The van der Waals surface area contributed by atoms with Gasteiger partial charge in [-0.2, -0.15) is 16.1 Å². The van der Waals surface area contributed by atoms with Crippen LogP contribution in [-0.2, 0) is 16.4 Å². The van der Waals surface area contributed by atoms with Crippen LogP contribution in [0.1, 0.15) is 12.0 Å². The number of benzene rings is 1. The van der Waals surface area contributed by atoms with Gasteiger partial charge in [-0.05, 0) is 29.9 Å². The molecule has 0 spiro atoms. The highest BCUT2D eigenvalue weighted by Crippen LogP contribution is 2.20. The summed E-state index contributed by atoms with van der Waals surface area (Å²) in [6.45, 7) is 1.19. The van der Waals surface area contributed by atoms with Gasteiger partial charge in [0.05, 0.1) is 9.88 Å². The summed E-state index contributed by atoms with van der Waals surface area (Å²) in [4.78, 5) is 0.751. The number of hydrogen-bond donors (Lipinski definition) is 1. The molecule has 2 N–H and O–H groups in total. The van der Waals surface area contributed by atoms with Crippen LogP contribution >= 0.6 is 24.0 Å². The van der Waals surface area contributed by atoms with E-state index in [4.69, 9.17) is 18.0 Å². The molecule has 2 rings (SSSR count). The fraction of sp³-hybridized carbons (Fsp3) is 0.462. The van der Waals surface area contributed by atoms with E-state index in [-0.39, 0.29) is 0 Å². The predicted molar refractivity (Wildman–Crippen MR) is 87.6 cm³/mol. The lowest BCUT2D eigenvalue weighted by Crippen LogP contribution is -2.33. The van der Waals surface area contributed by atoms with Crippen molar-refractivity contribution in [2.75, 3.05) is 24.6 Å². The van der Waals surface area contributed by atoms with E-state index >= 15 is 0 Å². The van der Waals surface area contributed by atoms with Crippen LogP contribution in [0.15, 0.2) is 29.2 Å². The number of thiocarbonyl (C=S) groups is 1. The van der Waals surface area contributed by atoms with Gasteiger partial charge in [-0.1, -0.05) is 24.4 Å². The molecule has 1 aliphatic rings. The summed E-state index contributed by atoms with van der Waals surface area (Å²) in [7, 11) is -3.37. The number of thioether (sulfide) groups is 1. The number of rotatable bonds is 4. The van der Waals surface area contributed by atoms with Crippen LogP contribution < -0.4 is 5.73 Å². The highest BCUT2D eigenvalue weighted by atomic mass is 32.2. The SMILES string of the molecule is NC(=S)Cc1ccc(S(=O)(=O)N2CCCSCC2)cc1. The van der Waals surface area contributed by atoms with Crippen molar-refractivity contribution in [2.24, 2.45) is 5.73 Å². The third-order valence-corrected chi connectivity index (χ3v) is 6.23. The summed E-state index contributed by atoms with van der Waals surface area (Å²) < 4.78 is 26.7. The van der Waals surface area contributed by atoms with E-state index in [1.807, 2.05) is 0 Å². The van der Waals surface area contributed by atoms with Crippen LogP contribution in [-0.4, -0.2) is 42.3 Å². The first-order chi connectivity index (χ1) is 9.50. The van der Waals surface area contributed by atoms with Crippen molar-refractivity contribution < 1.29 is 8.42 Å². The van der Waals surface area contributed by atoms with Crippen molar-refractivity contribution in [2.45, 2.75) is 17.7 Å². The van der Waals surface area contributed by atoms with Gasteiger partial charge in [0.25, 0.3) is 0 Å². The van der Waals surface area contributed by atoms with E-state index < -0.39 is 10.0 Å². The molecule has 0 saturated carbocycles. The lowest BCUT2D eigenvalue weighted by Gasteiger charge is -2.19. The zero-order valence-corrected chi connectivity index (χ0v) is 13.6. The Kier molecular flexibility index (Phi) is 5.42. The van der Waals surface area contributed by atoms with Crippen molar-refractivity contribution in [3.05, 3.63) is 29.8 Å². The van der Waals surface area contributed by atoms with Gasteiger partial charge in [0.2, 0.25) is 10.0 Å². The number of nitrogens with two attached hydrogens (primary N) is 1. The van der Waals surface area contributed by atoms with E-state index in [9.17, 15) is 8.42 Å². The molecule has 1 aromatic rings. The number of nitrogens with zero attached hydrogens (tertiary/aromatic N) is 1. The maximum Gasteiger partial charge on any atom is 0.243 e. The van der Waals surface area contributed by atoms with Crippen molar-refractivity contribution in [3.8, 4) is 0 Å². The molecule has 0 bridgehead atoms. The molecule has 7 heteroatoms. The second-order valence-corrected chi connectivity index (χ2v) is 8.34. The van der Waals surface area contributed by atoms with E-state index in [1.165, 1.54) is 0 Å². The molecule has 20 heavy (non-hydrogen) atoms. The molecule has 0 aromatic heterocycles. The Labute approximate surface area is 129 Å². The second-order valence-electron chi connectivity index (χ2n) is 4.66. The Morgan fingerprint density at radius 3 is 2.60 bits per heavy atom. The van der Waals surface area contributed by atoms with Gasteiger partial charge in [0.1, 0.15) is 0 Å². The van der Waals surface area contributed by atoms with Gasteiger partial charge >= 0.3 is 0 Å². The monoisotopic (exact) mass is 330 g/mol. The van der Waals surface area contributed by atoms with E-state index in [0.717, 1.165) is 23.5 Å². The van der Waals surface area contributed by atoms with Crippen LogP contribution in [0.2, 0.25) is 0 Å². The van der Waals surface area contributed by atoms with Crippen molar-refractivity contribution >= 4 is 39.0 Å². The van der Waals surface area contributed by atoms with Gasteiger partial charge in [0.15, 0.2) is 0 Å². The fourth-order valence-electron chi connectivity index (χ4n) is 2.09. The predicted octanol–water partition coefficient (Wildman–Crippen LogP) is 1.64. The van der Waals surface area contributed by atoms with E-state index in [1.54, 1.807) is 40.3 Å². The molecule has 1 fully saturated rings. The average Bonchev–Trinajstić information content (AvgIpc) is 2.68. The molecule has 0 aliphatic carbocycles. The third-order valence-electron chi connectivity index (χ3n) is 3.12. The summed E-state index contributed by atoms with van der Waals surface area (Å²) in [5, 5.41) is 0. The Morgan fingerprint density at radius 1 is 1.25 bits per heavy atom. The highest BCUT2D eigenvalue weighted by Gasteiger charge is 2.24. The maximum absolute atomic E-state index is 12.5. The van der Waals surface area contributed by atoms with Crippen LogP contribution in [0.3, 0.4) is 0 Å². The molecule has 4 nitrogen and oxygen atoms in total. The van der Waals surface area contributed by atoms with E-state index in [0.29, 0.717) is 29.4 Å². The number of hydrogen-bond acceptors (Lipinski definition) is 4. The van der Waals surface area contributed by atoms with Gasteiger partial charge in [-0.25, -0.2) is 8.42 Å². The zero-order valence-electron chi connectivity index (χ0n) is 11.1. The van der Waals surface area contributed by atoms with Crippen molar-refractivity contribution in [1.29, 1.82) is 0 Å². The molecule has 1 aliphatic heterocycles. The summed E-state index contributed by atoms with van der Waals surface area (Å²) in [5.41, 5.74) is 6.42. The second kappa shape index (κ2) is 6.89. The summed E-state index contributed by atoms with van der Waals surface area (Å²) in [6.07, 6.45) is 1.40. The fourth-order valence-corrected chi connectivity index (χ4v) is 4.74. The topological polar surface area (TPSA) is 63.4 Å². The Hall–Kier alpha value is -0.630. The molecule has 110 valence electrons. The van der Waals surface area contributed by atoms with Crippen molar-refractivity contribution in [3.63, 3.8) is 0 Å². The summed E-state index contributed by atoms with van der Waals surface area (Å²) in [5.74, 6) is 1.89. The minimum atomic E-state index is -3.37. The van der Waals surface area contributed by atoms with Gasteiger partial charge in [-0.3, -0.25) is 0 Å². The lowest BCUT2D eigenvalue weighted by molar-refractivity contribution is 0.435. The minimum absolute atomic E-state index is 0.344. The zero-order chi connectivity index (χ0) is 14.6. The molecule has 0 atom stereocenters. The first-order valence-electron chi connectivity index (χ1n) is 6.45. The molecule has 0 radical (unpaired) electrons. The van der Waals surface area contributed by atoms with E-state index in [2.05, 4.69) is 0 Å². The Balaban J connectivity index is 2.18. The first-order valence-corrected chi connectivity index (χ1v) is 9.45.